The summed E-state index contributed by atoms with van der Waals surface area (Å²) in [6.45, 7) is 7.07. The van der Waals surface area contributed by atoms with Crippen molar-refractivity contribution in [3.63, 3.8) is 0 Å². The van der Waals surface area contributed by atoms with Crippen LogP contribution in [0.25, 0.3) is 144 Å². The highest BCUT2D eigenvalue weighted by Crippen LogP contribution is 2.42. The number of methoxy groups -OCH3 is 5. The second kappa shape index (κ2) is 31.9. The second-order valence-electron chi connectivity index (χ2n) is 29.2. The Morgan fingerprint density at radius 3 is 1.23 bits per heavy atom. The molecule has 20 rings (SSSR count). The molecule has 0 radical (unpaired) electrons. The highest BCUT2D eigenvalue weighted by atomic mass is 19.1. The Labute approximate surface area is 698 Å². The molecule has 0 spiro atoms. The summed E-state index contributed by atoms with van der Waals surface area (Å²) in [7, 11) is 18.1. The number of benzene rings is 4. The maximum atomic E-state index is 14.8. The van der Waals surface area contributed by atoms with Crippen molar-refractivity contribution in [1.82, 2.24) is 106 Å². The zero-order valence-corrected chi connectivity index (χ0v) is 69.1. The first kappa shape index (κ1) is 80.4. The van der Waals surface area contributed by atoms with Gasteiger partial charge in [0.2, 0.25) is 0 Å². The molecule has 0 aliphatic carbocycles. The summed E-state index contributed by atoms with van der Waals surface area (Å²) in [5.41, 5.74) is 13.7. The van der Waals surface area contributed by atoms with Crippen LogP contribution in [0.2, 0.25) is 0 Å². The van der Waals surface area contributed by atoms with Crippen molar-refractivity contribution in [2.75, 3.05) is 42.1 Å². The van der Waals surface area contributed by atoms with Crippen molar-refractivity contribution in [2.45, 2.75) is 27.3 Å². The number of hydrogen-bond donors (Lipinski definition) is 0. The lowest BCUT2D eigenvalue weighted by atomic mass is 10.0. The third-order valence-corrected chi connectivity index (χ3v) is 21.7. The average Bonchev–Trinajstić information content (AvgIpc) is 1.58. The Morgan fingerprint density at radius 1 is 0.395 bits per heavy atom. The van der Waals surface area contributed by atoms with Gasteiger partial charge in [0.15, 0.2) is 40.7 Å². The molecule has 1 aliphatic heterocycles. The van der Waals surface area contributed by atoms with E-state index in [1.54, 1.807) is 161 Å². The number of fused-ring (bicyclic) bond motifs is 12. The number of pyridine rings is 8. The predicted molar refractivity (Wildman–Crippen MR) is 460 cm³/mol. The number of aliphatic imine (C=N–C) groups is 1. The maximum Gasteiger partial charge on any atom is 0.334 e. The molecule has 16 heterocycles. The Balaban J connectivity index is 0.000000117. The fraction of sp³-hybridized carbons (Fsp3) is 0.182. The minimum Gasteiger partial charge on any atom is -0.496 e. The van der Waals surface area contributed by atoms with Gasteiger partial charge in [-0.15, -0.1) is 0 Å². The molecule has 1 aliphatic rings. The van der Waals surface area contributed by atoms with Crippen LogP contribution in [0.3, 0.4) is 0 Å². The lowest BCUT2D eigenvalue weighted by Gasteiger charge is -2.12. The number of ether oxygens (including phenoxy) is 5. The highest BCUT2D eigenvalue weighted by molar-refractivity contribution is 6.16. The van der Waals surface area contributed by atoms with Crippen molar-refractivity contribution in [1.29, 1.82) is 0 Å². The number of aryl methyl sites for hydroxylation is 8. The van der Waals surface area contributed by atoms with Gasteiger partial charge in [-0.25, -0.2) is 55.8 Å². The van der Waals surface area contributed by atoms with Gasteiger partial charge in [0, 0.05) is 171 Å². The summed E-state index contributed by atoms with van der Waals surface area (Å²) in [6, 6.07) is 20.7. The lowest BCUT2D eigenvalue weighted by molar-refractivity contribution is 0.411. The van der Waals surface area contributed by atoms with Crippen LogP contribution in [-0.2, 0) is 48.8 Å². The van der Waals surface area contributed by atoms with Crippen LogP contribution >= 0.6 is 0 Å². The van der Waals surface area contributed by atoms with E-state index in [1.807, 2.05) is 82.9 Å². The Hall–Kier alpha value is -16.0. The van der Waals surface area contributed by atoms with Crippen LogP contribution in [0.15, 0.2) is 208 Å². The van der Waals surface area contributed by atoms with Crippen LogP contribution in [0.4, 0.5) is 17.6 Å². The molecule has 124 heavy (non-hydrogen) atoms. The van der Waals surface area contributed by atoms with Crippen molar-refractivity contribution >= 4 is 93.5 Å². The standard InChI is InChI=1S/C22H18F2N6O2.C22H19FN6O2.C22H18FN5O2.C22H20N6O3/c1-4-29-11-12(7-27-29)13-5-14-17(6-19(13)32-3)26-10-18-20(14)30(22(31)28(18)2)21-15(23)8-25-9-16(21)24;1-12-5-16(23)21(25-8-12)29-20-15-6-14(13-9-26-27(2)11-13)19(31-4)7-17(15)24-10-18(20)28(3)22(29)30;1-12-7-16(25-10-12)13-8-14-17(9-19(13)30-3)26-11-18-20(14)28(22(29)27(18)2)21-15(23)5-4-6-24-21;1-26-12-13(9-25-26)14-7-15-16(8-19(14)30-3)24-10-18-21(15)28(22(29)27(18)2)17-5-6-23-11-20(17)31-4/h5-11H,4H2,1-3H3;5-11H,1-4H3;4-9,11H,10H2,1-3H3;5-12H,1-4H3. The quantitative estimate of drug-likeness (QED) is 0.0913. The van der Waals surface area contributed by atoms with Crippen molar-refractivity contribution < 1.29 is 41.2 Å². The molecule has 0 N–H and O–H groups in total. The minimum atomic E-state index is -0.942. The van der Waals surface area contributed by atoms with Gasteiger partial charge in [0.05, 0.1) is 182 Å². The molecular weight excluding hydrogens is 1600 g/mol. The normalized spacial score (nSPS) is 12.0. The maximum absolute atomic E-state index is 14.8. The van der Waals surface area contributed by atoms with Crippen LogP contribution in [-0.4, -0.2) is 154 Å². The topological polar surface area (TPSA) is 323 Å². The number of allylic oxidation sites excluding steroid dienone is 1. The molecule has 0 saturated carbocycles. The van der Waals surface area contributed by atoms with Crippen LogP contribution in [0, 0.1) is 30.2 Å². The van der Waals surface area contributed by atoms with Gasteiger partial charge in [-0.05, 0) is 86.5 Å². The zero-order chi connectivity index (χ0) is 87.1. The van der Waals surface area contributed by atoms with E-state index >= 15 is 0 Å². The fourth-order valence-corrected chi connectivity index (χ4v) is 15.5. The lowest BCUT2D eigenvalue weighted by Crippen LogP contribution is -2.22. The van der Waals surface area contributed by atoms with Gasteiger partial charge in [0.1, 0.15) is 28.7 Å². The monoisotopic (exact) mass is 1670 g/mol. The summed E-state index contributed by atoms with van der Waals surface area (Å²) < 4.78 is 103. The first-order valence-electron chi connectivity index (χ1n) is 38.4. The Bertz CT molecular complexity index is 7910. The number of halogens is 4. The molecule has 4 aromatic carbocycles. The van der Waals surface area contributed by atoms with Crippen molar-refractivity contribution in [3.8, 4) is 85.1 Å². The van der Waals surface area contributed by atoms with Crippen LogP contribution in [0.5, 0.6) is 28.7 Å². The van der Waals surface area contributed by atoms with Gasteiger partial charge in [-0.1, -0.05) is 0 Å². The molecule has 0 bridgehead atoms. The van der Waals surface area contributed by atoms with E-state index in [-0.39, 0.29) is 17.3 Å². The zero-order valence-electron chi connectivity index (χ0n) is 69.1. The molecule has 15 aromatic heterocycles. The Morgan fingerprint density at radius 2 is 0.815 bits per heavy atom. The van der Waals surface area contributed by atoms with Crippen molar-refractivity contribution in [2.24, 2.45) is 47.3 Å². The Kier molecular flexibility index (Phi) is 20.7. The van der Waals surface area contributed by atoms with E-state index in [4.69, 9.17) is 23.7 Å². The first-order chi connectivity index (χ1) is 59.8. The third-order valence-electron chi connectivity index (χ3n) is 21.7. The smallest absolute Gasteiger partial charge is 0.334 e. The summed E-state index contributed by atoms with van der Waals surface area (Å²) in [4.78, 5) is 91.1. The summed E-state index contributed by atoms with van der Waals surface area (Å²) >= 11 is 0. The van der Waals surface area contributed by atoms with E-state index < -0.39 is 46.0 Å². The van der Waals surface area contributed by atoms with Gasteiger partial charge in [0.25, 0.3) is 0 Å². The summed E-state index contributed by atoms with van der Waals surface area (Å²) in [6.07, 6.45) is 27.3. The fourth-order valence-electron chi connectivity index (χ4n) is 15.5. The van der Waals surface area contributed by atoms with E-state index in [0.717, 1.165) is 72.5 Å². The van der Waals surface area contributed by atoms with E-state index in [2.05, 4.69) is 60.2 Å². The molecule has 0 unspecified atom stereocenters. The minimum absolute atomic E-state index is 0.0487. The van der Waals surface area contributed by atoms with Gasteiger partial charge in [-0.2, -0.15) is 15.3 Å². The van der Waals surface area contributed by atoms with Crippen molar-refractivity contribution in [3.05, 3.63) is 260 Å². The first-order valence-corrected chi connectivity index (χ1v) is 38.4. The second-order valence-corrected chi connectivity index (χ2v) is 29.2. The molecule has 0 saturated heterocycles. The third kappa shape index (κ3) is 13.6. The summed E-state index contributed by atoms with van der Waals surface area (Å²) in [5, 5.41) is 15.6. The molecule has 32 nitrogen and oxygen atoms in total. The van der Waals surface area contributed by atoms with Crippen LogP contribution < -0.4 is 46.4 Å². The molecular formula is C88H75F4N23O9. The highest BCUT2D eigenvalue weighted by Gasteiger charge is 2.29. The van der Waals surface area contributed by atoms with E-state index in [0.29, 0.717) is 135 Å². The number of nitrogens with zero attached hydrogens (tertiary/aromatic N) is 23. The summed E-state index contributed by atoms with van der Waals surface area (Å²) in [5.74, 6) is -0.132. The van der Waals surface area contributed by atoms with E-state index in [1.165, 1.54) is 66.7 Å². The average molecular weight is 1670 g/mol. The SMILES string of the molecule is CCn1cc(-c2cc3c(cc2OC)ncc2c3n(-c3c(F)cncc3F)c(=O)n2C)cn1.COc1cc2ncc3c(c2cc1-c1cnn(C)c1)n(-c1ccncc1OC)c(=O)n3C.COc1cc2ncc3c(c2cc1-c1cnn(C)c1)n(-c1ncc(C)cc1F)c(=O)n3C.COc1cc2ncc3c(c2cc1C1=NCC(C)=C1)n(-c1ncccc1F)c(=O)n3C. The number of imidazole rings is 4. The molecule has 0 atom stereocenters. The van der Waals surface area contributed by atoms with E-state index in [9.17, 15) is 36.7 Å². The number of aromatic nitrogens is 22. The number of rotatable bonds is 14. The number of hydrogen-bond acceptors (Lipinski definition) is 21. The van der Waals surface area contributed by atoms with Gasteiger partial charge in [-0.3, -0.25) is 76.3 Å². The molecule has 0 amide bonds. The van der Waals surface area contributed by atoms with Crippen LogP contribution in [0.1, 0.15) is 25.0 Å². The molecule has 624 valence electrons. The van der Waals surface area contributed by atoms with Gasteiger partial charge < -0.3 is 23.7 Å². The van der Waals surface area contributed by atoms with Gasteiger partial charge >= 0.3 is 22.8 Å². The predicted octanol–water partition coefficient (Wildman–Crippen LogP) is 12.4. The molecule has 19 aromatic rings. The molecule has 0 fully saturated rings. The largest absolute Gasteiger partial charge is 0.496 e. The molecule has 36 heteroatoms.